The number of nitrogens with two attached hydrogens (primary N) is 1. The Labute approximate surface area is 143 Å². The number of aromatic amines is 1. The van der Waals surface area contributed by atoms with Crippen LogP contribution in [0.3, 0.4) is 0 Å². The summed E-state index contributed by atoms with van der Waals surface area (Å²) < 4.78 is 0. The van der Waals surface area contributed by atoms with Crippen molar-refractivity contribution in [2.75, 3.05) is 25.0 Å². The predicted octanol–water partition coefficient (Wildman–Crippen LogP) is 0.578. The Morgan fingerprint density at radius 2 is 2.38 bits per heavy atom. The standard InChI is InChI=1S/C15H18N6O2S/c16-11-6-21(4-2-9(11)7-22)15(23)12(24)5-18-14-10-1-3-17-13(10)19-8-20-14/h1,3,5,8,22,24H,2,4,6-7,16H2,(H2,17,18,19,20)/b12-5-. The molecule has 1 aliphatic heterocycles. The number of hydrogen-bond acceptors (Lipinski definition) is 7. The maximum absolute atomic E-state index is 12.4. The fraction of sp³-hybridized carbons (Fsp3) is 0.267. The van der Waals surface area contributed by atoms with Crippen LogP contribution in [0.1, 0.15) is 6.42 Å². The Hall–Kier alpha value is -2.52. The summed E-state index contributed by atoms with van der Waals surface area (Å²) in [6.07, 6.45) is 5.27. The highest BCUT2D eigenvalue weighted by Crippen LogP contribution is 2.20. The first kappa shape index (κ1) is 16.3. The van der Waals surface area contributed by atoms with E-state index in [0.29, 0.717) is 36.7 Å². The van der Waals surface area contributed by atoms with Crippen LogP contribution in [0.2, 0.25) is 0 Å². The summed E-state index contributed by atoms with van der Waals surface area (Å²) in [5.41, 5.74) is 7.91. The van der Waals surface area contributed by atoms with Gasteiger partial charge in [0.25, 0.3) is 5.91 Å². The number of carbonyl (C=O) groups is 1. The first-order chi connectivity index (χ1) is 11.6. The van der Waals surface area contributed by atoms with Crippen molar-refractivity contribution < 1.29 is 9.90 Å². The second-order valence-corrected chi connectivity index (χ2v) is 5.88. The molecule has 1 aliphatic rings. The van der Waals surface area contributed by atoms with Gasteiger partial charge in [-0.1, -0.05) is 0 Å². The van der Waals surface area contributed by atoms with Crippen molar-refractivity contribution in [3.05, 3.63) is 41.0 Å². The van der Waals surface area contributed by atoms with Crippen molar-refractivity contribution in [3.8, 4) is 0 Å². The van der Waals surface area contributed by atoms with Gasteiger partial charge in [0.2, 0.25) is 0 Å². The van der Waals surface area contributed by atoms with E-state index in [2.05, 4.69) is 32.9 Å². The molecule has 2 aromatic heterocycles. The lowest BCUT2D eigenvalue weighted by molar-refractivity contribution is -0.126. The molecule has 0 radical (unpaired) electrons. The number of thiol groups is 1. The highest BCUT2D eigenvalue weighted by molar-refractivity contribution is 7.85. The summed E-state index contributed by atoms with van der Waals surface area (Å²) in [6.45, 7) is 0.727. The summed E-state index contributed by atoms with van der Waals surface area (Å²) in [5.74, 6) is 0.353. The van der Waals surface area contributed by atoms with Crippen LogP contribution < -0.4 is 11.1 Å². The van der Waals surface area contributed by atoms with Crippen LogP contribution >= 0.6 is 12.6 Å². The minimum Gasteiger partial charge on any atom is -0.401 e. The molecule has 0 spiro atoms. The van der Waals surface area contributed by atoms with Crippen molar-refractivity contribution in [2.45, 2.75) is 6.42 Å². The molecule has 3 rings (SSSR count). The average Bonchev–Trinajstić information content (AvgIpc) is 3.08. The van der Waals surface area contributed by atoms with Gasteiger partial charge in [-0.15, -0.1) is 12.6 Å². The number of hydrogen-bond donors (Lipinski definition) is 5. The van der Waals surface area contributed by atoms with Crippen LogP contribution in [-0.4, -0.2) is 50.6 Å². The Morgan fingerprint density at radius 1 is 1.54 bits per heavy atom. The van der Waals surface area contributed by atoms with E-state index in [0.717, 1.165) is 11.0 Å². The fourth-order valence-electron chi connectivity index (χ4n) is 2.53. The predicted molar refractivity (Wildman–Crippen MR) is 94.1 cm³/mol. The van der Waals surface area contributed by atoms with Crippen molar-refractivity contribution >= 4 is 35.4 Å². The van der Waals surface area contributed by atoms with E-state index in [1.54, 1.807) is 11.1 Å². The molecule has 0 aromatic carbocycles. The number of aliphatic hydroxyl groups excluding tert-OH is 1. The normalized spacial score (nSPS) is 15.9. The van der Waals surface area contributed by atoms with Crippen LogP contribution in [0.25, 0.3) is 11.0 Å². The van der Waals surface area contributed by atoms with E-state index >= 15 is 0 Å². The SMILES string of the molecule is NC1=C(CO)CCN(C(=O)/C(S)=C/Nc2ncnc3[nH]ccc23)C1. The van der Waals surface area contributed by atoms with E-state index in [9.17, 15) is 9.90 Å². The van der Waals surface area contributed by atoms with Crippen LogP contribution in [0, 0.1) is 0 Å². The van der Waals surface area contributed by atoms with Crippen molar-refractivity contribution in [1.82, 2.24) is 19.9 Å². The molecule has 0 unspecified atom stereocenters. The molecule has 0 saturated heterocycles. The second-order valence-electron chi connectivity index (χ2n) is 5.40. The van der Waals surface area contributed by atoms with E-state index < -0.39 is 0 Å². The van der Waals surface area contributed by atoms with E-state index in [4.69, 9.17) is 5.73 Å². The van der Waals surface area contributed by atoms with Gasteiger partial charge in [0.15, 0.2) is 0 Å². The summed E-state index contributed by atoms with van der Waals surface area (Å²) in [7, 11) is 0. The minimum absolute atomic E-state index is 0.0701. The second kappa shape index (κ2) is 6.93. The number of nitrogens with one attached hydrogen (secondary N) is 2. The Bertz CT molecular complexity index is 828. The quantitative estimate of drug-likeness (QED) is 0.408. The van der Waals surface area contributed by atoms with Gasteiger partial charge in [-0.05, 0) is 18.1 Å². The Kier molecular flexibility index (Phi) is 4.72. The molecule has 8 nitrogen and oxygen atoms in total. The van der Waals surface area contributed by atoms with Gasteiger partial charge in [0.1, 0.15) is 17.8 Å². The lowest BCUT2D eigenvalue weighted by atomic mass is 10.1. The summed E-state index contributed by atoms with van der Waals surface area (Å²) in [6, 6.07) is 1.85. The van der Waals surface area contributed by atoms with Gasteiger partial charge >= 0.3 is 0 Å². The zero-order chi connectivity index (χ0) is 17.1. The van der Waals surface area contributed by atoms with Gasteiger partial charge in [0, 0.05) is 24.6 Å². The third-order valence-electron chi connectivity index (χ3n) is 3.90. The molecule has 0 fully saturated rings. The third kappa shape index (κ3) is 3.22. The zero-order valence-corrected chi connectivity index (χ0v) is 13.8. The molecule has 0 saturated carbocycles. The largest absolute Gasteiger partial charge is 0.401 e. The van der Waals surface area contributed by atoms with Gasteiger partial charge in [-0.2, -0.15) is 0 Å². The molecule has 126 valence electrons. The highest BCUT2D eigenvalue weighted by Gasteiger charge is 2.22. The van der Waals surface area contributed by atoms with Gasteiger partial charge in [0.05, 0.1) is 23.4 Å². The lowest BCUT2D eigenvalue weighted by Crippen LogP contribution is -2.39. The zero-order valence-electron chi connectivity index (χ0n) is 12.9. The number of carbonyl (C=O) groups excluding carboxylic acids is 1. The molecule has 24 heavy (non-hydrogen) atoms. The van der Waals surface area contributed by atoms with E-state index in [1.807, 2.05) is 6.07 Å². The molecular formula is C15H18N6O2S. The van der Waals surface area contributed by atoms with Gasteiger partial charge in [-0.3, -0.25) is 4.79 Å². The minimum atomic E-state index is -0.231. The number of amides is 1. The van der Waals surface area contributed by atoms with Gasteiger partial charge in [-0.25, -0.2) is 9.97 Å². The topological polar surface area (TPSA) is 120 Å². The maximum atomic E-state index is 12.4. The van der Waals surface area contributed by atoms with Crippen molar-refractivity contribution in [3.63, 3.8) is 0 Å². The summed E-state index contributed by atoms with van der Waals surface area (Å²) in [5, 5.41) is 13.0. The molecule has 0 atom stereocenters. The Balaban J connectivity index is 1.71. The third-order valence-corrected chi connectivity index (χ3v) is 4.22. The fourth-order valence-corrected chi connectivity index (χ4v) is 2.73. The number of anilines is 1. The number of fused-ring (bicyclic) bond motifs is 1. The first-order valence-corrected chi connectivity index (χ1v) is 7.85. The van der Waals surface area contributed by atoms with E-state index in [1.165, 1.54) is 12.5 Å². The molecule has 9 heteroatoms. The van der Waals surface area contributed by atoms with E-state index in [-0.39, 0.29) is 17.4 Å². The Morgan fingerprint density at radius 3 is 3.12 bits per heavy atom. The molecule has 1 amide bonds. The summed E-state index contributed by atoms with van der Waals surface area (Å²) >= 11 is 4.27. The van der Waals surface area contributed by atoms with Crippen molar-refractivity contribution in [2.24, 2.45) is 5.73 Å². The van der Waals surface area contributed by atoms with Crippen LogP contribution in [-0.2, 0) is 4.79 Å². The van der Waals surface area contributed by atoms with Crippen LogP contribution in [0.15, 0.2) is 41.0 Å². The monoisotopic (exact) mass is 346 g/mol. The maximum Gasteiger partial charge on any atom is 0.261 e. The van der Waals surface area contributed by atoms with Gasteiger partial charge < -0.3 is 26.0 Å². The van der Waals surface area contributed by atoms with Crippen molar-refractivity contribution in [1.29, 1.82) is 0 Å². The first-order valence-electron chi connectivity index (χ1n) is 7.40. The molecule has 0 aliphatic carbocycles. The number of H-pyrrole nitrogens is 1. The molecule has 2 aromatic rings. The molecular weight excluding hydrogens is 328 g/mol. The highest BCUT2D eigenvalue weighted by atomic mass is 32.1. The number of aliphatic hydroxyl groups is 1. The molecule has 5 N–H and O–H groups in total. The average molecular weight is 346 g/mol. The summed E-state index contributed by atoms with van der Waals surface area (Å²) in [4.78, 5) is 25.5. The molecule has 3 heterocycles. The number of nitrogens with zero attached hydrogens (tertiary/aromatic N) is 3. The smallest absolute Gasteiger partial charge is 0.261 e. The van der Waals surface area contributed by atoms with Crippen LogP contribution in [0.4, 0.5) is 5.82 Å². The number of rotatable bonds is 4. The lowest BCUT2D eigenvalue weighted by Gasteiger charge is -2.28. The van der Waals surface area contributed by atoms with Crippen LogP contribution in [0.5, 0.6) is 0 Å². The number of aromatic nitrogens is 3. The molecule has 0 bridgehead atoms.